The molecular weight excluding hydrogens is 301 g/mol. The molecule has 0 aliphatic carbocycles. The Morgan fingerprint density at radius 1 is 1.39 bits per heavy atom. The number of nitrogens with one attached hydrogen (secondary N) is 1. The van der Waals surface area contributed by atoms with Gasteiger partial charge in [0.25, 0.3) is 5.91 Å². The van der Waals surface area contributed by atoms with Gasteiger partial charge in [-0.25, -0.2) is 4.39 Å². The summed E-state index contributed by atoms with van der Waals surface area (Å²) in [5, 5.41) is 10.1. The molecule has 1 heterocycles. The molecule has 0 fully saturated rings. The molecule has 1 amide bonds. The Hall–Kier alpha value is -1.82. The van der Waals surface area contributed by atoms with Gasteiger partial charge in [0.15, 0.2) is 0 Å². The summed E-state index contributed by atoms with van der Waals surface area (Å²) in [4.78, 5) is 11.8. The molecule has 0 unspecified atom stereocenters. The van der Waals surface area contributed by atoms with Crippen molar-refractivity contribution in [3.8, 4) is 0 Å². The van der Waals surface area contributed by atoms with Gasteiger partial charge in [-0.3, -0.25) is 4.79 Å². The van der Waals surface area contributed by atoms with Crippen molar-refractivity contribution in [2.75, 3.05) is 0 Å². The number of amides is 1. The Bertz CT molecular complexity index is 563. The van der Waals surface area contributed by atoms with Crippen LogP contribution in [-0.2, 0) is 6.54 Å². The number of hydrogen-bond donors (Lipinski definition) is 1. The van der Waals surface area contributed by atoms with Crippen molar-refractivity contribution < 1.29 is 9.18 Å². The first-order chi connectivity index (χ1) is 8.66. The fourth-order valence-electron chi connectivity index (χ4n) is 1.37. The maximum Gasteiger partial charge on any atom is 0.254 e. The second-order valence-corrected chi connectivity index (χ2v) is 4.44. The molecule has 0 bridgehead atoms. The zero-order chi connectivity index (χ0) is 13.0. The largest absolute Gasteiger partial charge is 0.346 e. The molecule has 0 radical (unpaired) electrons. The minimum Gasteiger partial charge on any atom is -0.346 e. The summed E-state index contributed by atoms with van der Waals surface area (Å²) in [5.41, 5.74) is 0.606. The first-order valence-electron chi connectivity index (χ1n) is 5.16. The van der Waals surface area contributed by atoms with Gasteiger partial charge in [0, 0.05) is 10.7 Å². The smallest absolute Gasteiger partial charge is 0.254 e. The molecule has 0 aliphatic heterocycles. The van der Waals surface area contributed by atoms with Crippen LogP contribution >= 0.6 is 15.9 Å². The maximum absolute atomic E-state index is 13.4. The van der Waals surface area contributed by atoms with Crippen molar-refractivity contribution in [2.24, 2.45) is 0 Å². The molecule has 0 atom stereocenters. The Morgan fingerprint density at radius 3 is 2.94 bits per heavy atom. The number of hydrogen-bond acceptors (Lipinski definition) is 3. The van der Waals surface area contributed by atoms with Gasteiger partial charge in [-0.1, -0.05) is 15.9 Å². The van der Waals surface area contributed by atoms with E-state index in [2.05, 4.69) is 31.4 Å². The Labute approximate surface area is 111 Å². The lowest BCUT2D eigenvalue weighted by atomic mass is 10.2. The van der Waals surface area contributed by atoms with Crippen LogP contribution in [0.15, 0.2) is 41.0 Å². The quantitative estimate of drug-likeness (QED) is 0.946. The zero-order valence-electron chi connectivity index (χ0n) is 9.23. The van der Waals surface area contributed by atoms with Gasteiger partial charge < -0.3 is 5.32 Å². The second kappa shape index (κ2) is 5.68. The number of aromatic nitrogens is 2. The lowest BCUT2D eigenvalue weighted by Crippen LogP contribution is -2.24. The van der Waals surface area contributed by atoms with E-state index in [9.17, 15) is 9.18 Å². The Kier molecular flexibility index (Phi) is 3.99. The van der Waals surface area contributed by atoms with Crippen molar-refractivity contribution in [1.82, 2.24) is 15.5 Å². The lowest BCUT2D eigenvalue weighted by molar-refractivity contribution is 0.0946. The van der Waals surface area contributed by atoms with Crippen LogP contribution in [0.4, 0.5) is 4.39 Å². The maximum atomic E-state index is 13.4. The molecule has 0 aliphatic rings. The normalized spacial score (nSPS) is 10.1. The van der Waals surface area contributed by atoms with Crippen molar-refractivity contribution in [2.45, 2.75) is 6.54 Å². The molecule has 18 heavy (non-hydrogen) atoms. The SMILES string of the molecule is O=C(NCc1cccnn1)c1cc(Br)ccc1F. The molecule has 1 aromatic heterocycles. The van der Waals surface area contributed by atoms with E-state index in [0.717, 1.165) is 0 Å². The minimum absolute atomic E-state index is 0.00624. The zero-order valence-corrected chi connectivity index (χ0v) is 10.8. The second-order valence-electron chi connectivity index (χ2n) is 3.52. The first kappa shape index (κ1) is 12.6. The van der Waals surface area contributed by atoms with E-state index >= 15 is 0 Å². The summed E-state index contributed by atoms with van der Waals surface area (Å²) in [6.45, 7) is 0.207. The van der Waals surface area contributed by atoms with E-state index in [4.69, 9.17) is 0 Å². The van der Waals surface area contributed by atoms with Gasteiger partial charge in [0.1, 0.15) is 5.82 Å². The van der Waals surface area contributed by atoms with Gasteiger partial charge in [-0.2, -0.15) is 10.2 Å². The number of carbonyl (C=O) groups is 1. The van der Waals surface area contributed by atoms with Crippen LogP contribution in [0.2, 0.25) is 0 Å². The fourth-order valence-corrected chi connectivity index (χ4v) is 1.73. The van der Waals surface area contributed by atoms with Crippen molar-refractivity contribution in [1.29, 1.82) is 0 Å². The molecule has 2 aromatic rings. The molecule has 0 saturated heterocycles. The first-order valence-corrected chi connectivity index (χ1v) is 5.96. The third-order valence-corrected chi connectivity index (χ3v) is 2.72. The molecule has 92 valence electrons. The van der Waals surface area contributed by atoms with E-state index in [1.165, 1.54) is 18.2 Å². The summed E-state index contributed by atoms with van der Waals surface area (Å²) < 4.78 is 14.1. The highest BCUT2D eigenvalue weighted by Crippen LogP contribution is 2.15. The van der Waals surface area contributed by atoms with Gasteiger partial charge in [0.2, 0.25) is 0 Å². The molecule has 1 N–H and O–H groups in total. The third kappa shape index (κ3) is 3.10. The van der Waals surface area contributed by atoms with Gasteiger partial charge in [0.05, 0.1) is 17.8 Å². The van der Waals surface area contributed by atoms with Crippen LogP contribution in [0.25, 0.3) is 0 Å². The molecule has 6 heteroatoms. The fraction of sp³-hybridized carbons (Fsp3) is 0.0833. The summed E-state index contributed by atoms with van der Waals surface area (Å²) in [7, 11) is 0. The number of halogens is 2. The van der Waals surface area contributed by atoms with Gasteiger partial charge >= 0.3 is 0 Å². The summed E-state index contributed by atoms with van der Waals surface area (Å²) >= 11 is 3.19. The number of rotatable bonds is 3. The Balaban J connectivity index is 2.06. The molecule has 0 saturated carbocycles. The number of carbonyl (C=O) groups excluding carboxylic acids is 1. The average molecular weight is 310 g/mol. The van der Waals surface area contributed by atoms with Gasteiger partial charge in [-0.15, -0.1) is 0 Å². The average Bonchev–Trinajstić information content (AvgIpc) is 2.40. The molecule has 4 nitrogen and oxygen atoms in total. The molecular formula is C12H9BrFN3O. The van der Waals surface area contributed by atoms with Crippen LogP contribution in [0.3, 0.4) is 0 Å². The van der Waals surface area contributed by atoms with Crippen molar-refractivity contribution >= 4 is 21.8 Å². The van der Waals surface area contributed by atoms with Crippen LogP contribution in [0.1, 0.15) is 16.1 Å². The Morgan fingerprint density at radius 2 is 2.22 bits per heavy atom. The minimum atomic E-state index is -0.560. The highest BCUT2D eigenvalue weighted by Gasteiger charge is 2.11. The van der Waals surface area contributed by atoms with E-state index in [1.807, 2.05) is 0 Å². The lowest BCUT2D eigenvalue weighted by Gasteiger charge is -2.05. The number of nitrogens with zero attached hydrogens (tertiary/aromatic N) is 2. The van der Waals surface area contributed by atoms with Crippen LogP contribution in [-0.4, -0.2) is 16.1 Å². The van der Waals surface area contributed by atoms with E-state index in [0.29, 0.717) is 10.2 Å². The topological polar surface area (TPSA) is 54.9 Å². The highest BCUT2D eigenvalue weighted by molar-refractivity contribution is 9.10. The predicted octanol–water partition coefficient (Wildman–Crippen LogP) is 2.31. The molecule has 1 aromatic carbocycles. The third-order valence-electron chi connectivity index (χ3n) is 2.23. The van der Waals surface area contributed by atoms with Crippen molar-refractivity contribution in [3.63, 3.8) is 0 Å². The summed E-state index contributed by atoms with van der Waals surface area (Å²) in [6, 6.07) is 7.65. The molecule has 0 spiro atoms. The molecule has 2 rings (SSSR count). The monoisotopic (exact) mass is 309 g/mol. The summed E-state index contributed by atoms with van der Waals surface area (Å²) in [5.74, 6) is -1.05. The van der Waals surface area contributed by atoms with Crippen LogP contribution in [0, 0.1) is 5.82 Å². The van der Waals surface area contributed by atoms with Crippen LogP contribution < -0.4 is 5.32 Å². The van der Waals surface area contributed by atoms with Crippen molar-refractivity contribution in [3.05, 3.63) is 58.1 Å². The standard InChI is InChI=1S/C12H9BrFN3O/c13-8-3-4-11(14)10(6-8)12(18)15-7-9-2-1-5-16-17-9/h1-6H,7H2,(H,15,18). The van der Waals surface area contributed by atoms with E-state index in [1.54, 1.807) is 18.3 Å². The van der Waals surface area contributed by atoms with Gasteiger partial charge in [-0.05, 0) is 30.3 Å². The highest BCUT2D eigenvalue weighted by atomic mass is 79.9. The number of benzene rings is 1. The predicted molar refractivity (Wildman–Crippen MR) is 67.3 cm³/mol. The summed E-state index contributed by atoms with van der Waals surface area (Å²) in [6.07, 6.45) is 1.54. The van der Waals surface area contributed by atoms with E-state index < -0.39 is 11.7 Å². The van der Waals surface area contributed by atoms with Crippen LogP contribution in [0.5, 0.6) is 0 Å². The van der Waals surface area contributed by atoms with E-state index in [-0.39, 0.29) is 12.1 Å².